The Labute approximate surface area is 163 Å². The molecule has 2 aromatic rings. The zero-order valence-electron chi connectivity index (χ0n) is 15.7. The number of hydrogen-bond donors (Lipinski definition) is 0. The Kier molecular flexibility index (Phi) is 5.88. The van der Waals surface area contributed by atoms with Crippen molar-refractivity contribution in [2.75, 3.05) is 25.7 Å². The van der Waals surface area contributed by atoms with Gasteiger partial charge in [-0.05, 0) is 48.4 Å². The van der Waals surface area contributed by atoms with Gasteiger partial charge < -0.3 is 14.4 Å². The van der Waals surface area contributed by atoms with Crippen LogP contribution in [0.5, 0.6) is 11.5 Å². The Morgan fingerprint density at radius 1 is 1.11 bits per heavy atom. The minimum absolute atomic E-state index is 0.0524. The standard InChI is InChI=1S/C20H22FNO5S/c1-26-18-8-3-14(11-19(18)27-2)12-22(17-9-10-28(24,25)13-17)20(23)15-4-6-16(21)7-5-15/h3-8,11,17H,9-10,12-13H2,1-2H3/t17-/m1/s1. The van der Waals surface area contributed by atoms with E-state index in [1.807, 2.05) is 0 Å². The van der Waals surface area contributed by atoms with E-state index in [1.54, 1.807) is 23.1 Å². The van der Waals surface area contributed by atoms with Crippen molar-refractivity contribution in [1.82, 2.24) is 4.90 Å². The zero-order chi connectivity index (χ0) is 20.3. The fourth-order valence-corrected chi connectivity index (χ4v) is 5.05. The Morgan fingerprint density at radius 2 is 1.79 bits per heavy atom. The molecule has 0 spiro atoms. The summed E-state index contributed by atoms with van der Waals surface area (Å²) in [6.07, 6.45) is 0.378. The summed E-state index contributed by atoms with van der Waals surface area (Å²) in [5, 5.41) is 0. The van der Waals surface area contributed by atoms with Crippen molar-refractivity contribution in [1.29, 1.82) is 0 Å². The summed E-state index contributed by atoms with van der Waals surface area (Å²) in [6, 6.07) is 10.1. The molecule has 150 valence electrons. The van der Waals surface area contributed by atoms with Gasteiger partial charge in [-0.1, -0.05) is 6.07 Å². The van der Waals surface area contributed by atoms with E-state index in [0.29, 0.717) is 23.5 Å². The van der Waals surface area contributed by atoms with Gasteiger partial charge in [0.05, 0.1) is 25.7 Å². The van der Waals surface area contributed by atoms with Crippen LogP contribution in [0.15, 0.2) is 42.5 Å². The third kappa shape index (κ3) is 4.44. The molecule has 6 nitrogen and oxygen atoms in total. The molecule has 1 heterocycles. The quantitative estimate of drug-likeness (QED) is 0.736. The van der Waals surface area contributed by atoms with Gasteiger partial charge in [-0.25, -0.2) is 12.8 Å². The summed E-state index contributed by atoms with van der Waals surface area (Å²) in [5.41, 5.74) is 1.09. The molecule has 0 saturated carbocycles. The average molecular weight is 407 g/mol. The summed E-state index contributed by atoms with van der Waals surface area (Å²) >= 11 is 0. The summed E-state index contributed by atoms with van der Waals surface area (Å²) in [7, 11) is -0.124. The van der Waals surface area contributed by atoms with Crippen LogP contribution in [0.2, 0.25) is 0 Å². The molecule has 0 aliphatic carbocycles. The lowest BCUT2D eigenvalue weighted by Gasteiger charge is -2.29. The van der Waals surface area contributed by atoms with Gasteiger partial charge in [0, 0.05) is 18.2 Å². The van der Waals surface area contributed by atoms with Crippen molar-refractivity contribution < 1.29 is 27.1 Å². The number of hydrogen-bond acceptors (Lipinski definition) is 5. The van der Waals surface area contributed by atoms with Crippen LogP contribution in [0.1, 0.15) is 22.3 Å². The molecule has 2 aromatic carbocycles. The number of nitrogens with zero attached hydrogens (tertiary/aromatic N) is 1. The molecule has 1 atom stereocenters. The van der Waals surface area contributed by atoms with Crippen LogP contribution in [-0.4, -0.2) is 51.0 Å². The minimum atomic E-state index is -3.18. The highest BCUT2D eigenvalue weighted by molar-refractivity contribution is 7.91. The maximum Gasteiger partial charge on any atom is 0.254 e. The molecular formula is C20H22FNO5S. The predicted molar refractivity (Wildman–Crippen MR) is 103 cm³/mol. The van der Waals surface area contributed by atoms with E-state index in [2.05, 4.69) is 0 Å². The summed E-state index contributed by atoms with van der Waals surface area (Å²) in [6.45, 7) is 0.205. The van der Waals surface area contributed by atoms with Gasteiger partial charge in [0.2, 0.25) is 0 Å². The van der Waals surface area contributed by atoms with E-state index in [0.717, 1.165) is 5.56 Å². The van der Waals surface area contributed by atoms with Gasteiger partial charge in [-0.3, -0.25) is 4.79 Å². The first-order chi connectivity index (χ1) is 13.3. The number of methoxy groups -OCH3 is 2. The third-order valence-electron chi connectivity index (χ3n) is 4.80. The molecule has 1 saturated heterocycles. The van der Waals surface area contributed by atoms with Crippen LogP contribution >= 0.6 is 0 Å². The molecule has 1 fully saturated rings. The van der Waals surface area contributed by atoms with Gasteiger partial charge in [0.25, 0.3) is 5.91 Å². The number of benzene rings is 2. The first kappa shape index (κ1) is 20.1. The molecule has 0 radical (unpaired) electrons. The van der Waals surface area contributed by atoms with Crippen LogP contribution in [0.25, 0.3) is 0 Å². The van der Waals surface area contributed by atoms with E-state index in [9.17, 15) is 17.6 Å². The van der Waals surface area contributed by atoms with Gasteiger partial charge in [-0.2, -0.15) is 0 Å². The second-order valence-corrected chi connectivity index (χ2v) is 8.91. The lowest BCUT2D eigenvalue weighted by molar-refractivity contribution is 0.0680. The molecular weight excluding hydrogens is 385 g/mol. The first-order valence-corrected chi connectivity index (χ1v) is 10.6. The number of amides is 1. The van der Waals surface area contributed by atoms with E-state index < -0.39 is 21.7 Å². The summed E-state index contributed by atoms with van der Waals surface area (Å²) < 4.78 is 47.7. The molecule has 0 bridgehead atoms. The van der Waals surface area contributed by atoms with Gasteiger partial charge >= 0.3 is 0 Å². The van der Waals surface area contributed by atoms with E-state index in [4.69, 9.17) is 9.47 Å². The summed E-state index contributed by atoms with van der Waals surface area (Å²) in [4.78, 5) is 14.6. The second-order valence-electron chi connectivity index (χ2n) is 6.69. The molecule has 1 aliphatic rings. The van der Waals surface area contributed by atoms with Gasteiger partial charge in [-0.15, -0.1) is 0 Å². The van der Waals surface area contributed by atoms with Crippen molar-refractivity contribution in [2.24, 2.45) is 0 Å². The monoisotopic (exact) mass is 407 g/mol. The lowest BCUT2D eigenvalue weighted by atomic mass is 10.1. The van der Waals surface area contributed by atoms with Gasteiger partial charge in [0.15, 0.2) is 21.3 Å². The van der Waals surface area contributed by atoms with Crippen LogP contribution in [-0.2, 0) is 16.4 Å². The number of halogens is 1. The highest BCUT2D eigenvalue weighted by Crippen LogP contribution is 2.29. The van der Waals surface area contributed by atoms with Gasteiger partial charge in [0.1, 0.15) is 5.82 Å². The molecule has 1 aliphatic heterocycles. The highest BCUT2D eigenvalue weighted by Gasteiger charge is 2.35. The Morgan fingerprint density at radius 3 is 2.36 bits per heavy atom. The number of rotatable bonds is 6. The smallest absolute Gasteiger partial charge is 0.254 e. The minimum Gasteiger partial charge on any atom is -0.493 e. The van der Waals surface area contributed by atoms with Crippen LogP contribution in [0.3, 0.4) is 0 Å². The predicted octanol–water partition coefficient (Wildman–Crippen LogP) is 2.67. The van der Waals surface area contributed by atoms with Crippen molar-refractivity contribution in [2.45, 2.75) is 19.0 Å². The molecule has 1 amide bonds. The maximum atomic E-state index is 13.2. The average Bonchev–Trinajstić information content (AvgIpc) is 3.05. The van der Waals surface area contributed by atoms with Crippen molar-refractivity contribution in [3.05, 3.63) is 59.4 Å². The second kappa shape index (κ2) is 8.18. The number of carbonyl (C=O) groups excluding carboxylic acids is 1. The van der Waals surface area contributed by atoms with E-state index in [-0.39, 0.29) is 24.0 Å². The summed E-state index contributed by atoms with van der Waals surface area (Å²) in [5.74, 6) is 0.284. The number of sulfone groups is 1. The highest BCUT2D eigenvalue weighted by atomic mass is 32.2. The largest absolute Gasteiger partial charge is 0.493 e. The fraction of sp³-hybridized carbons (Fsp3) is 0.350. The van der Waals surface area contributed by atoms with E-state index in [1.165, 1.54) is 38.5 Å². The Hall–Kier alpha value is -2.61. The van der Waals surface area contributed by atoms with Crippen LogP contribution in [0.4, 0.5) is 4.39 Å². The van der Waals surface area contributed by atoms with Crippen molar-refractivity contribution >= 4 is 15.7 Å². The molecule has 3 rings (SSSR count). The SMILES string of the molecule is COc1ccc(CN(C(=O)c2ccc(F)cc2)[C@@H]2CCS(=O)(=O)C2)cc1OC. The molecule has 0 aromatic heterocycles. The third-order valence-corrected chi connectivity index (χ3v) is 6.55. The normalized spacial score (nSPS) is 17.9. The topological polar surface area (TPSA) is 72.9 Å². The maximum absolute atomic E-state index is 13.2. The fourth-order valence-electron chi connectivity index (χ4n) is 3.32. The van der Waals surface area contributed by atoms with Crippen molar-refractivity contribution in [3.8, 4) is 11.5 Å². The van der Waals surface area contributed by atoms with E-state index >= 15 is 0 Å². The van der Waals surface area contributed by atoms with Crippen molar-refractivity contribution in [3.63, 3.8) is 0 Å². The zero-order valence-corrected chi connectivity index (χ0v) is 16.5. The Bertz CT molecular complexity index is 959. The number of ether oxygens (including phenoxy) is 2. The molecule has 0 unspecified atom stereocenters. The number of carbonyl (C=O) groups is 1. The Balaban J connectivity index is 1.92. The lowest BCUT2D eigenvalue weighted by Crippen LogP contribution is -2.40. The molecule has 28 heavy (non-hydrogen) atoms. The first-order valence-electron chi connectivity index (χ1n) is 8.81. The van der Waals surface area contributed by atoms with Crippen LogP contribution < -0.4 is 9.47 Å². The molecule has 0 N–H and O–H groups in total. The van der Waals surface area contributed by atoms with Crippen LogP contribution in [0, 0.1) is 5.82 Å². The molecule has 8 heteroatoms.